The van der Waals surface area contributed by atoms with Crippen molar-refractivity contribution < 1.29 is 32.2 Å². The van der Waals surface area contributed by atoms with E-state index in [1.165, 1.54) is 12.1 Å². The van der Waals surface area contributed by atoms with E-state index in [-0.39, 0.29) is 22.9 Å². The average molecular weight is 508 g/mol. The number of piperidine rings is 1. The van der Waals surface area contributed by atoms with Gasteiger partial charge in [0.15, 0.2) is 0 Å². The lowest BCUT2D eigenvalue weighted by Gasteiger charge is -2.42. The molecule has 1 fully saturated rings. The van der Waals surface area contributed by atoms with E-state index in [2.05, 4.69) is 22.3 Å². The van der Waals surface area contributed by atoms with Gasteiger partial charge < -0.3 is 25.0 Å². The fraction of sp³-hybridized carbons (Fsp3) is 0.462. The number of anilines is 1. The summed E-state index contributed by atoms with van der Waals surface area (Å²) in [6.45, 7) is 6.74. The summed E-state index contributed by atoms with van der Waals surface area (Å²) in [5, 5.41) is 6.24. The summed E-state index contributed by atoms with van der Waals surface area (Å²) < 4.78 is 46.7. The van der Waals surface area contributed by atoms with Gasteiger partial charge in [0.05, 0.1) is 7.11 Å². The first kappa shape index (κ1) is 27.2. The van der Waals surface area contributed by atoms with Crippen LogP contribution in [0, 0.1) is 5.92 Å². The van der Waals surface area contributed by atoms with Gasteiger partial charge in [0, 0.05) is 29.9 Å². The smallest absolute Gasteiger partial charge is 0.497 e. The molecular weight excluding hydrogens is 475 g/mol. The topological polar surface area (TPSA) is 79.9 Å². The number of halogens is 3. The van der Waals surface area contributed by atoms with Crippen LogP contribution in [0.1, 0.15) is 44.0 Å². The van der Waals surface area contributed by atoms with Gasteiger partial charge in [0.2, 0.25) is 5.91 Å². The fourth-order valence-corrected chi connectivity index (χ4v) is 4.14. The zero-order valence-corrected chi connectivity index (χ0v) is 20.8. The monoisotopic (exact) mass is 507 g/mol. The molecule has 2 amide bonds. The molecule has 0 aromatic heterocycles. The Morgan fingerprint density at radius 1 is 1.03 bits per heavy atom. The Kier molecular flexibility index (Phi) is 8.37. The first-order chi connectivity index (χ1) is 16.9. The van der Waals surface area contributed by atoms with Gasteiger partial charge in [-0.25, -0.2) is 0 Å². The van der Waals surface area contributed by atoms with Crippen molar-refractivity contribution in [2.75, 3.05) is 25.5 Å². The Hall–Kier alpha value is -3.43. The van der Waals surface area contributed by atoms with E-state index in [1.54, 1.807) is 12.0 Å². The number of ether oxygens (including phenoxy) is 2. The molecule has 10 heteroatoms. The minimum Gasteiger partial charge on any atom is -0.497 e. The highest BCUT2D eigenvalue weighted by molar-refractivity contribution is 5.98. The van der Waals surface area contributed by atoms with E-state index in [0.29, 0.717) is 25.9 Å². The molecule has 0 spiro atoms. The molecule has 0 aliphatic carbocycles. The number of hydrogen-bond acceptors (Lipinski definition) is 5. The van der Waals surface area contributed by atoms with Crippen LogP contribution in [0.4, 0.5) is 18.9 Å². The second-order valence-electron chi connectivity index (χ2n) is 9.51. The lowest BCUT2D eigenvalue weighted by atomic mass is 9.88. The summed E-state index contributed by atoms with van der Waals surface area (Å²) >= 11 is 0. The number of carbonyl (C=O) groups excluding carboxylic acids is 2. The second kappa shape index (κ2) is 11.1. The summed E-state index contributed by atoms with van der Waals surface area (Å²) in [5.41, 5.74) is 0.730. The van der Waals surface area contributed by atoms with Crippen molar-refractivity contribution in [2.24, 2.45) is 5.92 Å². The molecule has 0 unspecified atom stereocenters. The number of hydrogen-bond donors (Lipinski definition) is 2. The van der Waals surface area contributed by atoms with Crippen molar-refractivity contribution >= 4 is 17.5 Å². The summed E-state index contributed by atoms with van der Waals surface area (Å²) in [5.74, 6) is -0.804. The van der Waals surface area contributed by atoms with Gasteiger partial charge in [-0.05, 0) is 68.1 Å². The summed E-state index contributed by atoms with van der Waals surface area (Å²) in [4.78, 5) is 27.8. The first-order valence-corrected chi connectivity index (χ1v) is 11.8. The van der Waals surface area contributed by atoms with Crippen molar-refractivity contribution in [3.63, 3.8) is 0 Å². The summed E-state index contributed by atoms with van der Waals surface area (Å²) in [7, 11) is 1.61. The molecule has 2 aromatic carbocycles. The van der Waals surface area contributed by atoms with Crippen LogP contribution in [0.2, 0.25) is 0 Å². The van der Waals surface area contributed by atoms with E-state index < -0.39 is 24.1 Å². The molecule has 1 saturated heterocycles. The molecule has 2 N–H and O–H groups in total. The third kappa shape index (κ3) is 7.29. The van der Waals surface area contributed by atoms with Gasteiger partial charge in [-0.15, -0.1) is 13.2 Å². The fourth-order valence-electron chi connectivity index (χ4n) is 4.14. The molecule has 3 rings (SSSR count). The number of benzene rings is 2. The number of likely N-dealkylation sites (tertiary alicyclic amines) is 1. The Morgan fingerprint density at radius 3 is 2.22 bits per heavy atom. The standard InChI is InChI=1S/C26H32F3N3O4/c1-17(2)22(30-23(33)18-6-5-7-21(16-18)36-26(27,28)29)24(34)32-14-12-25(3,13-15-32)31-19-8-10-20(35-4)11-9-19/h5-11,16-17,22,31H,12-15H2,1-4H3,(H,30,33)/t22-/m1/s1. The number of nitrogens with one attached hydrogen (secondary N) is 2. The Bertz CT molecular complexity index is 1050. The van der Waals surface area contributed by atoms with E-state index in [0.717, 1.165) is 23.6 Å². The molecule has 196 valence electrons. The third-order valence-corrected chi connectivity index (χ3v) is 6.26. The Labute approximate surface area is 208 Å². The predicted molar refractivity (Wildman–Crippen MR) is 130 cm³/mol. The Balaban J connectivity index is 1.61. The zero-order valence-electron chi connectivity index (χ0n) is 20.8. The van der Waals surface area contributed by atoms with Gasteiger partial charge in [0.25, 0.3) is 5.91 Å². The van der Waals surface area contributed by atoms with E-state index in [4.69, 9.17) is 4.74 Å². The first-order valence-electron chi connectivity index (χ1n) is 11.8. The van der Waals surface area contributed by atoms with Crippen LogP contribution >= 0.6 is 0 Å². The van der Waals surface area contributed by atoms with Crippen LogP contribution in [-0.2, 0) is 4.79 Å². The number of methoxy groups -OCH3 is 1. The maximum atomic E-state index is 13.3. The minimum absolute atomic E-state index is 0.0230. The number of carbonyl (C=O) groups is 2. The van der Waals surface area contributed by atoms with Crippen molar-refractivity contribution in [2.45, 2.75) is 51.6 Å². The van der Waals surface area contributed by atoms with E-state index in [9.17, 15) is 22.8 Å². The number of nitrogens with zero attached hydrogens (tertiary/aromatic N) is 1. The molecule has 0 bridgehead atoms. The van der Waals surface area contributed by atoms with Crippen LogP contribution in [0.3, 0.4) is 0 Å². The second-order valence-corrected chi connectivity index (χ2v) is 9.51. The molecule has 1 heterocycles. The molecule has 0 radical (unpaired) electrons. The van der Waals surface area contributed by atoms with Crippen molar-refractivity contribution in [1.82, 2.24) is 10.2 Å². The maximum Gasteiger partial charge on any atom is 0.573 e. The molecule has 36 heavy (non-hydrogen) atoms. The highest BCUT2D eigenvalue weighted by atomic mass is 19.4. The number of alkyl halides is 3. The summed E-state index contributed by atoms with van der Waals surface area (Å²) in [6.07, 6.45) is -3.45. The predicted octanol–water partition coefficient (Wildman–Crippen LogP) is 4.84. The lowest BCUT2D eigenvalue weighted by molar-refractivity contribution is -0.274. The normalized spacial score (nSPS) is 16.3. The van der Waals surface area contributed by atoms with Crippen molar-refractivity contribution in [1.29, 1.82) is 0 Å². The van der Waals surface area contributed by atoms with E-state index in [1.807, 2.05) is 38.1 Å². The van der Waals surface area contributed by atoms with Crippen LogP contribution in [0.25, 0.3) is 0 Å². The van der Waals surface area contributed by atoms with Crippen LogP contribution in [0.15, 0.2) is 48.5 Å². The Morgan fingerprint density at radius 2 is 1.67 bits per heavy atom. The number of amides is 2. The minimum atomic E-state index is -4.86. The maximum absolute atomic E-state index is 13.3. The van der Waals surface area contributed by atoms with Crippen molar-refractivity contribution in [3.05, 3.63) is 54.1 Å². The number of rotatable bonds is 8. The molecule has 7 nitrogen and oxygen atoms in total. The lowest BCUT2D eigenvalue weighted by Crippen LogP contribution is -2.56. The van der Waals surface area contributed by atoms with Crippen LogP contribution in [0.5, 0.6) is 11.5 Å². The van der Waals surface area contributed by atoms with Gasteiger partial charge in [-0.3, -0.25) is 9.59 Å². The van der Waals surface area contributed by atoms with Crippen LogP contribution in [-0.4, -0.2) is 54.9 Å². The quantitative estimate of drug-likeness (QED) is 0.535. The molecular formula is C26H32F3N3O4. The van der Waals surface area contributed by atoms with E-state index >= 15 is 0 Å². The molecule has 1 aliphatic heterocycles. The third-order valence-electron chi connectivity index (χ3n) is 6.26. The molecule has 2 aromatic rings. The van der Waals surface area contributed by atoms with Crippen molar-refractivity contribution in [3.8, 4) is 11.5 Å². The van der Waals surface area contributed by atoms with Gasteiger partial charge in [0.1, 0.15) is 17.5 Å². The van der Waals surface area contributed by atoms with Gasteiger partial charge >= 0.3 is 6.36 Å². The largest absolute Gasteiger partial charge is 0.573 e. The highest BCUT2D eigenvalue weighted by Crippen LogP contribution is 2.28. The molecule has 1 aliphatic rings. The summed E-state index contributed by atoms with van der Waals surface area (Å²) in [6, 6.07) is 11.6. The molecule has 0 saturated carbocycles. The highest BCUT2D eigenvalue weighted by Gasteiger charge is 2.36. The SMILES string of the molecule is COc1ccc(NC2(C)CCN(C(=O)[C@H](NC(=O)c3cccc(OC(F)(F)F)c3)C(C)C)CC2)cc1. The van der Waals surface area contributed by atoms with Gasteiger partial charge in [-0.1, -0.05) is 19.9 Å². The average Bonchev–Trinajstić information content (AvgIpc) is 2.81. The zero-order chi connectivity index (χ0) is 26.5. The van der Waals surface area contributed by atoms with Crippen LogP contribution < -0.4 is 20.1 Å². The molecule has 1 atom stereocenters. The van der Waals surface area contributed by atoms with Gasteiger partial charge in [-0.2, -0.15) is 0 Å².